The number of hydrogen-bond acceptors (Lipinski definition) is 4. The van der Waals surface area contributed by atoms with Crippen LogP contribution in [0.3, 0.4) is 0 Å². The van der Waals surface area contributed by atoms with E-state index in [4.69, 9.17) is 0 Å². The first-order valence-electron chi connectivity index (χ1n) is 9.95. The van der Waals surface area contributed by atoms with Gasteiger partial charge in [0.25, 0.3) is 0 Å². The summed E-state index contributed by atoms with van der Waals surface area (Å²) >= 11 is 1.76. The highest BCUT2D eigenvalue weighted by atomic mass is 32.2. The molecule has 2 atom stereocenters. The third kappa shape index (κ3) is 4.04. The number of rotatable bonds is 5. The lowest BCUT2D eigenvalue weighted by Gasteiger charge is -2.40. The zero-order valence-corrected chi connectivity index (χ0v) is 17.4. The van der Waals surface area contributed by atoms with E-state index in [0.717, 1.165) is 31.7 Å². The molecule has 1 saturated heterocycles. The van der Waals surface area contributed by atoms with Crippen molar-refractivity contribution < 1.29 is 5.11 Å². The zero-order chi connectivity index (χ0) is 19.5. The molecule has 4 rings (SSSR count). The molecule has 4 heteroatoms. The van der Waals surface area contributed by atoms with Crippen LogP contribution in [0.15, 0.2) is 71.6 Å². The van der Waals surface area contributed by atoms with Crippen molar-refractivity contribution in [1.29, 1.82) is 0 Å². The lowest BCUT2D eigenvalue weighted by atomic mass is 9.98. The van der Waals surface area contributed by atoms with Gasteiger partial charge in [-0.25, -0.2) is 0 Å². The Kier molecular flexibility index (Phi) is 5.90. The molecule has 2 unspecified atom stereocenters. The van der Waals surface area contributed by atoms with Crippen molar-refractivity contribution >= 4 is 28.2 Å². The van der Waals surface area contributed by atoms with Gasteiger partial charge in [0.15, 0.2) is 0 Å². The van der Waals surface area contributed by atoms with Crippen LogP contribution >= 0.6 is 11.8 Å². The quantitative estimate of drug-likeness (QED) is 0.631. The van der Waals surface area contributed by atoms with E-state index >= 15 is 0 Å². The second-order valence-corrected chi connectivity index (χ2v) is 8.40. The number of aliphatic hydroxyl groups excluding tert-OH is 1. The van der Waals surface area contributed by atoms with Crippen molar-refractivity contribution in [2.45, 2.75) is 24.0 Å². The first-order valence-corrected chi connectivity index (χ1v) is 11.2. The second kappa shape index (κ2) is 8.56. The largest absolute Gasteiger partial charge is 0.387 e. The van der Waals surface area contributed by atoms with Gasteiger partial charge < -0.3 is 10.0 Å². The Balaban J connectivity index is 1.43. The van der Waals surface area contributed by atoms with E-state index in [1.807, 2.05) is 0 Å². The normalized spacial score (nSPS) is 17.6. The van der Waals surface area contributed by atoms with Gasteiger partial charge in [-0.15, -0.1) is 11.8 Å². The number of thioether (sulfide) groups is 1. The van der Waals surface area contributed by atoms with E-state index in [2.05, 4.69) is 89.7 Å². The predicted molar refractivity (Wildman–Crippen MR) is 120 cm³/mol. The monoisotopic (exact) mass is 392 g/mol. The van der Waals surface area contributed by atoms with Crippen molar-refractivity contribution in [1.82, 2.24) is 4.90 Å². The van der Waals surface area contributed by atoms with Gasteiger partial charge in [0.05, 0.1) is 6.10 Å². The van der Waals surface area contributed by atoms with Gasteiger partial charge in [-0.05, 0) is 59.8 Å². The Hall–Kier alpha value is -2.01. The fourth-order valence-electron chi connectivity index (χ4n) is 4.06. The van der Waals surface area contributed by atoms with E-state index in [1.54, 1.807) is 11.8 Å². The average Bonchev–Trinajstić information content (AvgIpc) is 2.78. The number of aliphatic hydroxyl groups is 1. The summed E-state index contributed by atoms with van der Waals surface area (Å²) in [6.07, 6.45) is 1.62. The molecule has 0 bridgehead atoms. The maximum atomic E-state index is 11.0. The number of hydrogen-bond donors (Lipinski definition) is 1. The third-order valence-corrected chi connectivity index (χ3v) is 6.61. The molecule has 1 N–H and O–H groups in total. The van der Waals surface area contributed by atoms with E-state index in [0.29, 0.717) is 0 Å². The molecular weight excluding hydrogens is 364 g/mol. The topological polar surface area (TPSA) is 26.7 Å². The molecule has 1 aliphatic rings. The van der Waals surface area contributed by atoms with E-state index in [1.165, 1.54) is 21.4 Å². The summed E-state index contributed by atoms with van der Waals surface area (Å²) in [7, 11) is 0. The number of para-hydroxylation sites is 1. The minimum Gasteiger partial charge on any atom is -0.387 e. The van der Waals surface area contributed by atoms with Crippen LogP contribution in [0.5, 0.6) is 0 Å². The second-order valence-electron chi connectivity index (χ2n) is 7.52. The van der Waals surface area contributed by atoms with Crippen LogP contribution in [0, 0.1) is 0 Å². The van der Waals surface area contributed by atoms with Crippen LogP contribution in [-0.4, -0.2) is 48.5 Å². The summed E-state index contributed by atoms with van der Waals surface area (Å²) in [5.41, 5.74) is 2.29. The van der Waals surface area contributed by atoms with Crippen LogP contribution in [0.2, 0.25) is 0 Å². The number of benzene rings is 3. The van der Waals surface area contributed by atoms with Crippen LogP contribution in [0.1, 0.15) is 18.6 Å². The molecule has 3 nitrogen and oxygen atoms in total. The van der Waals surface area contributed by atoms with Crippen LogP contribution < -0.4 is 4.90 Å². The summed E-state index contributed by atoms with van der Waals surface area (Å²) in [5.74, 6) is 0. The molecule has 1 heterocycles. The molecule has 1 fully saturated rings. The van der Waals surface area contributed by atoms with Crippen LogP contribution in [0.4, 0.5) is 5.69 Å². The molecule has 1 aliphatic heterocycles. The van der Waals surface area contributed by atoms with Gasteiger partial charge in [0.2, 0.25) is 0 Å². The Morgan fingerprint density at radius 2 is 1.54 bits per heavy atom. The fraction of sp³-hybridized carbons (Fsp3) is 0.333. The molecular formula is C24H28N2OS. The summed E-state index contributed by atoms with van der Waals surface area (Å²) in [6, 6.07) is 23.5. The van der Waals surface area contributed by atoms with E-state index in [9.17, 15) is 5.11 Å². The first-order chi connectivity index (χ1) is 13.7. The molecule has 0 spiro atoms. The van der Waals surface area contributed by atoms with E-state index in [-0.39, 0.29) is 6.04 Å². The third-order valence-electron chi connectivity index (χ3n) is 5.88. The number of fused-ring (bicyclic) bond motifs is 1. The first kappa shape index (κ1) is 19.3. The van der Waals surface area contributed by atoms with Crippen molar-refractivity contribution in [2.75, 3.05) is 37.3 Å². The van der Waals surface area contributed by atoms with Gasteiger partial charge >= 0.3 is 0 Å². The lowest BCUT2D eigenvalue weighted by Crippen LogP contribution is -2.51. The molecule has 0 radical (unpaired) electrons. The zero-order valence-electron chi connectivity index (χ0n) is 16.6. The molecule has 28 heavy (non-hydrogen) atoms. The summed E-state index contributed by atoms with van der Waals surface area (Å²) < 4.78 is 0. The summed E-state index contributed by atoms with van der Waals surface area (Å²) in [4.78, 5) is 6.10. The molecule has 3 aromatic rings. The smallest absolute Gasteiger partial charge is 0.0942 e. The maximum absolute atomic E-state index is 11.0. The Morgan fingerprint density at radius 3 is 2.25 bits per heavy atom. The predicted octanol–water partition coefficient (Wildman–Crippen LogP) is 4.81. The van der Waals surface area contributed by atoms with Crippen LogP contribution in [-0.2, 0) is 0 Å². The number of piperazine rings is 1. The Morgan fingerprint density at radius 1 is 0.857 bits per heavy atom. The highest BCUT2D eigenvalue weighted by Gasteiger charge is 2.26. The van der Waals surface area contributed by atoms with Crippen molar-refractivity contribution in [3.8, 4) is 0 Å². The average molecular weight is 393 g/mol. The maximum Gasteiger partial charge on any atom is 0.0942 e. The number of anilines is 1. The van der Waals surface area contributed by atoms with Crippen molar-refractivity contribution in [3.63, 3.8) is 0 Å². The summed E-state index contributed by atoms with van der Waals surface area (Å²) in [5, 5.41) is 13.4. The van der Waals surface area contributed by atoms with Gasteiger partial charge in [0, 0.05) is 42.8 Å². The molecule has 146 valence electrons. The fourth-order valence-corrected chi connectivity index (χ4v) is 4.51. The SMILES string of the molecule is CSc1ccc2cc(C(O)C(C)N3CCN(c4ccccc4)CC3)ccc2c1. The molecule has 0 aliphatic carbocycles. The van der Waals surface area contributed by atoms with Gasteiger partial charge in [-0.3, -0.25) is 4.90 Å². The highest BCUT2D eigenvalue weighted by Crippen LogP contribution is 2.28. The summed E-state index contributed by atoms with van der Waals surface area (Å²) in [6.45, 7) is 6.08. The Bertz CT molecular complexity index is 922. The minimum atomic E-state index is -0.479. The number of nitrogens with zero attached hydrogens (tertiary/aromatic N) is 2. The van der Waals surface area contributed by atoms with Crippen LogP contribution in [0.25, 0.3) is 10.8 Å². The van der Waals surface area contributed by atoms with Gasteiger partial charge in [0.1, 0.15) is 0 Å². The molecule has 3 aromatic carbocycles. The molecule has 0 saturated carbocycles. The molecule has 0 amide bonds. The highest BCUT2D eigenvalue weighted by molar-refractivity contribution is 7.98. The lowest BCUT2D eigenvalue weighted by molar-refractivity contribution is 0.0546. The van der Waals surface area contributed by atoms with E-state index < -0.39 is 6.10 Å². The standard InChI is InChI=1S/C24H28N2OS/c1-18(25-12-14-26(15-13-25)22-6-4-3-5-7-22)24(27)21-9-8-20-17-23(28-2)11-10-19(20)16-21/h3-11,16-18,24,27H,12-15H2,1-2H3. The molecule has 0 aromatic heterocycles. The van der Waals surface area contributed by atoms with Crippen molar-refractivity contribution in [2.24, 2.45) is 0 Å². The van der Waals surface area contributed by atoms with Gasteiger partial charge in [-0.1, -0.05) is 36.4 Å². The van der Waals surface area contributed by atoms with Gasteiger partial charge in [-0.2, -0.15) is 0 Å². The van der Waals surface area contributed by atoms with Crippen molar-refractivity contribution in [3.05, 3.63) is 72.3 Å². The minimum absolute atomic E-state index is 0.0980. The Labute approximate surface area is 172 Å².